The minimum Gasteiger partial charge on any atom is -0.456 e. The first-order valence-electron chi connectivity index (χ1n) is 6.06. The van der Waals surface area contributed by atoms with Gasteiger partial charge in [-0.05, 0) is 19.1 Å². The van der Waals surface area contributed by atoms with Crippen molar-refractivity contribution in [1.82, 2.24) is 0 Å². The second-order valence-electron chi connectivity index (χ2n) is 4.46. The van der Waals surface area contributed by atoms with Crippen LogP contribution in [0, 0.1) is 6.92 Å². The van der Waals surface area contributed by atoms with Crippen molar-refractivity contribution in [2.45, 2.75) is 6.92 Å². The van der Waals surface area contributed by atoms with Crippen LogP contribution in [0.5, 0.6) is 0 Å². The molecule has 0 atom stereocenters. The average Bonchev–Trinajstić information content (AvgIpc) is 2.47. The fourth-order valence-electron chi connectivity index (χ4n) is 2.11. The van der Waals surface area contributed by atoms with Crippen LogP contribution in [0.4, 0.5) is 0 Å². The van der Waals surface area contributed by atoms with Crippen molar-refractivity contribution < 1.29 is 9.62 Å². The second-order valence-corrected chi connectivity index (χ2v) is 4.46. The van der Waals surface area contributed by atoms with Gasteiger partial charge in [-0.3, -0.25) is 0 Å². The lowest BCUT2D eigenvalue weighted by Gasteiger charge is -2.04. The van der Waals surface area contributed by atoms with Crippen LogP contribution in [0.1, 0.15) is 5.56 Å². The maximum atomic E-state index is 9.18. The molecule has 0 saturated carbocycles. The Morgan fingerprint density at radius 3 is 2.53 bits per heavy atom. The van der Waals surface area contributed by atoms with Gasteiger partial charge in [0.05, 0.1) is 0 Å². The van der Waals surface area contributed by atoms with Crippen molar-refractivity contribution in [3.8, 4) is 11.3 Å². The van der Waals surface area contributed by atoms with Gasteiger partial charge in [-0.2, -0.15) is 0 Å². The molecular formula is C16H13NO2. The van der Waals surface area contributed by atoms with Crippen LogP contribution in [0.15, 0.2) is 64.2 Å². The van der Waals surface area contributed by atoms with Gasteiger partial charge in [0.25, 0.3) is 0 Å². The van der Waals surface area contributed by atoms with E-state index in [9.17, 15) is 5.21 Å². The topological polar surface area (TPSA) is 45.7 Å². The first kappa shape index (κ1) is 11.5. The third-order valence-corrected chi connectivity index (χ3v) is 3.06. The van der Waals surface area contributed by atoms with Crippen LogP contribution in [-0.2, 0) is 0 Å². The number of benzene rings is 2. The number of hydrogen-bond acceptors (Lipinski definition) is 3. The number of fused-ring (bicyclic) bond motifs is 1. The Morgan fingerprint density at radius 2 is 1.79 bits per heavy atom. The van der Waals surface area contributed by atoms with E-state index >= 15 is 0 Å². The minimum absolute atomic E-state index is 0.517. The maximum Gasteiger partial charge on any atom is 0.137 e. The lowest BCUT2D eigenvalue weighted by atomic mass is 10.1. The smallest absolute Gasteiger partial charge is 0.137 e. The summed E-state index contributed by atoms with van der Waals surface area (Å²) in [6.07, 6.45) is 0. The fraction of sp³-hybridized carbons (Fsp3) is 0.0625. The van der Waals surface area contributed by atoms with E-state index in [2.05, 4.69) is 5.16 Å². The Labute approximate surface area is 110 Å². The minimum atomic E-state index is 0.517. The van der Waals surface area contributed by atoms with Crippen molar-refractivity contribution in [2.24, 2.45) is 5.16 Å². The van der Waals surface area contributed by atoms with Crippen molar-refractivity contribution in [1.29, 1.82) is 0 Å². The molecule has 1 heterocycles. The molecule has 0 unspecified atom stereocenters. The molecule has 19 heavy (non-hydrogen) atoms. The molecule has 1 aromatic heterocycles. The van der Waals surface area contributed by atoms with Crippen molar-refractivity contribution in [3.63, 3.8) is 0 Å². The number of aryl methyl sites for hydroxylation is 1. The Bertz CT molecular complexity index is 789. The van der Waals surface area contributed by atoms with Gasteiger partial charge in [-0.1, -0.05) is 47.1 Å². The van der Waals surface area contributed by atoms with E-state index in [0.29, 0.717) is 16.7 Å². The first-order valence-corrected chi connectivity index (χ1v) is 6.06. The summed E-state index contributed by atoms with van der Waals surface area (Å²) < 4.78 is 5.87. The van der Waals surface area contributed by atoms with Gasteiger partial charge < -0.3 is 9.62 Å². The van der Waals surface area contributed by atoms with Crippen molar-refractivity contribution >= 4 is 11.0 Å². The molecule has 0 radical (unpaired) electrons. The zero-order valence-corrected chi connectivity index (χ0v) is 10.5. The predicted octanol–water partition coefficient (Wildman–Crippen LogP) is 3.70. The zero-order chi connectivity index (χ0) is 13.2. The molecule has 0 aliphatic carbocycles. The molecule has 1 N–H and O–H groups in total. The highest BCUT2D eigenvalue weighted by atomic mass is 16.4. The van der Waals surface area contributed by atoms with E-state index in [0.717, 1.165) is 16.5 Å². The van der Waals surface area contributed by atoms with E-state index < -0.39 is 0 Å². The summed E-state index contributed by atoms with van der Waals surface area (Å²) in [5.41, 5.74) is 2.76. The summed E-state index contributed by atoms with van der Waals surface area (Å²) in [6.45, 7) is 1.99. The molecule has 94 valence electrons. The predicted molar refractivity (Wildman–Crippen MR) is 73.7 cm³/mol. The third-order valence-electron chi connectivity index (χ3n) is 3.06. The highest BCUT2D eigenvalue weighted by molar-refractivity contribution is 5.79. The molecule has 2 aromatic carbocycles. The van der Waals surface area contributed by atoms with Crippen LogP contribution < -0.4 is 5.36 Å². The molecule has 3 nitrogen and oxygen atoms in total. The van der Waals surface area contributed by atoms with Gasteiger partial charge in [0.2, 0.25) is 0 Å². The van der Waals surface area contributed by atoms with Crippen LogP contribution >= 0.6 is 0 Å². The highest BCUT2D eigenvalue weighted by Crippen LogP contribution is 2.22. The standard InChI is InChI=1S/C16H13NO2/c1-11-7-8-15-13(9-11)14(17-18)10-16(19-15)12-5-3-2-4-6-12/h2-10,18H,1H3/b17-14-. The number of nitrogens with zero attached hydrogens (tertiary/aromatic N) is 1. The van der Waals surface area contributed by atoms with Crippen LogP contribution in [0.2, 0.25) is 0 Å². The molecule has 0 bridgehead atoms. The van der Waals surface area contributed by atoms with E-state index in [1.54, 1.807) is 6.07 Å². The molecule has 3 heteroatoms. The van der Waals surface area contributed by atoms with Gasteiger partial charge >= 0.3 is 0 Å². The Morgan fingerprint density at radius 1 is 1.00 bits per heavy atom. The summed E-state index contributed by atoms with van der Waals surface area (Å²) in [5, 5.41) is 13.9. The van der Waals surface area contributed by atoms with Crippen molar-refractivity contribution in [2.75, 3.05) is 0 Å². The molecular weight excluding hydrogens is 238 g/mol. The third kappa shape index (κ3) is 2.10. The molecule has 0 aliphatic rings. The van der Waals surface area contributed by atoms with E-state index in [1.807, 2.05) is 55.5 Å². The van der Waals surface area contributed by atoms with Gasteiger partial charge in [0.1, 0.15) is 16.7 Å². The number of rotatable bonds is 1. The van der Waals surface area contributed by atoms with Gasteiger partial charge in [0.15, 0.2) is 0 Å². The quantitative estimate of drug-likeness (QED) is 0.529. The largest absolute Gasteiger partial charge is 0.456 e. The van der Waals surface area contributed by atoms with E-state index in [1.165, 1.54) is 0 Å². The average molecular weight is 251 g/mol. The first-order chi connectivity index (χ1) is 9.28. The van der Waals surface area contributed by atoms with E-state index in [4.69, 9.17) is 4.42 Å². The van der Waals surface area contributed by atoms with Crippen molar-refractivity contribution in [3.05, 3.63) is 65.5 Å². The normalized spacial score (nSPS) is 11.9. The van der Waals surface area contributed by atoms with Gasteiger partial charge in [-0.25, -0.2) is 0 Å². The van der Waals surface area contributed by atoms with Crippen LogP contribution in [-0.4, -0.2) is 5.21 Å². The molecule has 0 amide bonds. The van der Waals surface area contributed by atoms with Gasteiger partial charge in [-0.15, -0.1) is 0 Å². The van der Waals surface area contributed by atoms with Crippen LogP contribution in [0.3, 0.4) is 0 Å². The zero-order valence-electron chi connectivity index (χ0n) is 10.5. The SMILES string of the molecule is Cc1ccc2oc(-c3ccccc3)c/c(=N/O)c2c1. The molecule has 0 aliphatic heterocycles. The van der Waals surface area contributed by atoms with Crippen LogP contribution in [0.25, 0.3) is 22.3 Å². The second kappa shape index (κ2) is 4.61. The molecule has 3 rings (SSSR count). The maximum absolute atomic E-state index is 9.18. The summed E-state index contributed by atoms with van der Waals surface area (Å²) in [4.78, 5) is 0. The Balaban J connectivity index is 2.33. The molecule has 0 saturated heterocycles. The highest BCUT2D eigenvalue weighted by Gasteiger charge is 2.05. The molecule has 0 fully saturated rings. The van der Waals surface area contributed by atoms with E-state index in [-0.39, 0.29) is 0 Å². The number of hydrogen-bond donors (Lipinski definition) is 1. The summed E-state index contributed by atoms with van der Waals surface area (Å²) in [6, 6.07) is 17.3. The Kier molecular flexibility index (Phi) is 2.80. The molecule has 3 aromatic rings. The lowest BCUT2D eigenvalue weighted by Crippen LogP contribution is -2.03. The Hall–Kier alpha value is -2.55. The monoisotopic (exact) mass is 251 g/mol. The fourth-order valence-corrected chi connectivity index (χ4v) is 2.11. The summed E-state index contributed by atoms with van der Waals surface area (Å²) in [7, 11) is 0. The summed E-state index contributed by atoms with van der Waals surface area (Å²) in [5.74, 6) is 0.685. The van der Waals surface area contributed by atoms with Gasteiger partial charge in [0, 0.05) is 17.0 Å². The molecule has 0 spiro atoms. The summed E-state index contributed by atoms with van der Waals surface area (Å²) >= 11 is 0. The lowest BCUT2D eigenvalue weighted by molar-refractivity contribution is 0.302.